The van der Waals surface area contributed by atoms with E-state index in [9.17, 15) is 4.79 Å². The van der Waals surface area contributed by atoms with Gasteiger partial charge in [-0.05, 0) is 38.8 Å². The van der Waals surface area contributed by atoms with E-state index in [1.807, 2.05) is 39.8 Å². The number of carbonyl (C=O) groups is 1. The van der Waals surface area contributed by atoms with E-state index in [4.69, 9.17) is 0 Å². The largest absolute Gasteiger partial charge is 0.345 e. The van der Waals surface area contributed by atoms with Gasteiger partial charge in [0.1, 0.15) is 0 Å². The molecule has 0 aliphatic heterocycles. The van der Waals surface area contributed by atoms with Gasteiger partial charge >= 0.3 is 0 Å². The Bertz CT molecular complexity index is 430. The van der Waals surface area contributed by atoms with Crippen molar-refractivity contribution in [3.05, 3.63) is 34.4 Å². The second-order valence-corrected chi connectivity index (χ2v) is 6.18. The second-order valence-electron chi connectivity index (χ2n) is 5.06. The van der Waals surface area contributed by atoms with E-state index >= 15 is 0 Å². The molecule has 2 nitrogen and oxygen atoms in total. The van der Waals surface area contributed by atoms with Crippen LogP contribution in [0.4, 0.5) is 0 Å². The van der Waals surface area contributed by atoms with Crippen LogP contribution in [0.1, 0.15) is 34.0 Å². The minimum atomic E-state index is -0.277. The van der Waals surface area contributed by atoms with Crippen molar-refractivity contribution in [1.82, 2.24) is 5.32 Å². The number of hydrogen-bond acceptors (Lipinski definition) is 1. The van der Waals surface area contributed by atoms with Crippen molar-refractivity contribution in [3.63, 3.8) is 0 Å². The number of aryl methyl sites for hydroxylation is 3. The van der Waals surface area contributed by atoms with E-state index in [1.54, 1.807) is 0 Å². The maximum atomic E-state index is 12.4. The summed E-state index contributed by atoms with van der Waals surface area (Å²) < 4.78 is 0. The molecule has 1 amide bonds. The maximum absolute atomic E-state index is 12.4. The van der Waals surface area contributed by atoms with Crippen LogP contribution in [0.3, 0.4) is 0 Å². The van der Waals surface area contributed by atoms with Crippen molar-refractivity contribution in [2.24, 2.45) is 0 Å². The average Bonchev–Trinajstić information content (AvgIpc) is 2.27. The monoisotopic (exact) mass is 375 g/mol. The van der Waals surface area contributed by atoms with Gasteiger partial charge in [0.2, 0.25) is 0 Å². The summed E-state index contributed by atoms with van der Waals surface area (Å²) >= 11 is 6.87. The van der Waals surface area contributed by atoms with Crippen molar-refractivity contribution >= 4 is 37.8 Å². The van der Waals surface area contributed by atoms with E-state index < -0.39 is 0 Å². The Balaban J connectivity index is 3.05. The fourth-order valence-corrected chi connectivity index (χ4v) is 3.19. The first-order chi connectivity index (χ1) is 8.33. The zero-order valence-electron chi connectivity index (χ0n) is 11.2. The summed E-state index contributed by atoms with van der Waals surface area (Å²) in [6, 6.07) is 4.09. The highest BCUT2D eigenvalue weighted by Gasteiger charge is 2.25. The predicted octanol–water partition coefficient (Wildman–Crippen LogP) is 3.89. The standard InChI is InChI=1S/C14H19Br2NO/c1-9-5-10(2)12(11(3)6-9)13(18)17-14(4,7-15)8-16/h5-6H,7-8H2,1-4H3,(H,17,18). The van der Waals surface area contributed by atoms with Gasteiger partial charge in [0.25, 0.3) is 5.91 Å². The minimum Gasteiger partial charge on any atom is -0.345 e. The highest BCUT2D eigenvalue weighted by atomic mass is 79.9. The summed E-state index contributed by atoms with van der Waals surface area (Å²) in [5.41, 5.74) is 3.74. The summed E-state index contributed by atoms with van der Waals surface area (Å²) in [5.74, 6) is -0.00796. The molecule has 0 saturated carbocycles. The van der Waals surface area contributed by atoms with Crippen LogP contribution < -0.4 is 5.32 Å². The van der Waals surface area contributed by atoms with Gasteiger partial charge in [-0.2, -0.15) is 0 Å². The lowest BCUT2D eigenvalue weighted by molar-refractivity contribution is 0.0921. The van der Waals surface area contributed by atoms with Gasteiger partial charge < -0.3 is 5.32 Å². The van der Waals surface area contributed by atoms with Crippen LogP contribution in [0.2, 0.25) is 0 Å². The van der Waals surface area contributed by atoms with Crippen molar-refractivity contribution in [1.29, 1.82) is 0 Å². The van der Waals surface area contributed by atoms with Crippen LogP contribution in [0.5, 0.6) is 0 Å². The highest BCUT2D eigenvalue weighted by Crippen LogP contribution is 2.19. The Labute approximate surface area is 126 Å². The Morgan fingerprint density at radius 2 is 1.61 bits per heavy atom. The molecule has 1 aromatic carbocycles. The number of benzene rings is 1. The molecule has 18 heavy (non-hydrogen) atoms. The lowest BCUT2D eigenvalue weighted by Gasteiger charge is -2.27. The number of amides is 1. The summed E-state index contributed by atoms with van der Waals surface area (Å²) in [6.07, 6.45) is 0. The van der Waals surface area contributed by atoms with Crippen molar-refractivity contribution in [2.45, 2.75) is 33.2 Å². The van der Waals surface area contributed by atoms with E-state index in [0.29, 0.717) is 10.7 Å². The van der Waals surface area contributed by atoms with Gasteiger partial charge in [0, 0.05) is 16.2 Å². The molecule has 1 aromatic rings. The Morgan fingerprint density at radius 1 is 1.17 bits per heavy atom. The molecule has 0 unspecified atom stereocenters. The fraction of sp³-hybridized carbons (Fsp3) is 0.500. The zero-order chi connectivity index (χ0) is 13.9. The van der Waals surface area contributed by atoms with Crippen molar-refractivity contribution < 1.29 is 4.79 Å². The maximum Gasteiger partial charge on any atom is 0.252 e. The quantitative estimate of drug-likeness (QED) is 0.793. The fourth-order valence-electron chi connectivity index (χ4n) is 1.98. The molecule has 4 heteroatoms. The van der Waals surface area contributed by atoms with Gasteiger partial charge in [-0.15, -0.1) is 0 Å². The molecule has 0 radical (unpaired) electrons. The second kappa shape index (κ2) is 6.20. The summed E-state index contributed by atoms with van der Waals surface area (Å²) in [6.45, 7) is 8.01. The van der Waals surface area contributed by atoms with Gasteiger partial charge in [-0.1, -0.05) is 49.6 Å². The van der Waals surface area contributed by atoms with E-state index in [0.717, 1.165) is 16.7 Å². The summed E-state index contributed by atoms with van der Waals surface area (Å²) in [5, 5.41) is 4.50. The van der Waals surface area contributed by atoms with Crippen LogP contribution in [-0.2, 0) is 0 Å². The topological polar surface area (TPSA) is 29.1 Å². The summed E-state index contributed by atoms with van der Waals surface area (Å²) in [4.78, 5) is 12.4. The molecule has 0 atom stereocenters. The molecule has 0 fully saturated rings. The molecule has 0 aromatic heterocycles. The van der Waals surface area contributed by atoms with Gasteiger partial charge in [0.05, 0.1) is 5.54 Å². The van der Waals surface area contributed by atoms with Crippen molar-refractivity contribution in [2.75, 3.05) is 10.7 Å². The van der Waals surface area contributed by atoms with Crippen LogP contribution in [0, 0.1) is 20.8 Å². The molecule has 0 aliphatic carbocycles. The van der Waals surface area contributed by atoms with Crippen LogP contribution in [0.25, 0.3) is 0 Å². The molecule has 1 rings (SSSR count). The number of alkyl halides is 2. The first-order valence-corrected chi connectivity index (χ1v) is 8.09. The first-order valence-electron chi connectivity index (χ1n) is 5.85. The molecular formula is C14H19Br2NO. The molecule has 0 spiro atoms. The van der Waals surface area contributed by atoms with Gasteiger partial charge in [0.15, 0.2) is 0 Å². The third-order valence-electron chi connectivity index (χ3n) is 2.91. The molecule has 0 heterocycles. The Hall–Kier alpha value is -0.350. The number of rotatable bonds is 4. The molecule has 0 aliphatic rings. The first kappa shape index (κ1) is 15.7. The smallest absolute Gasteiger partial charge is 0.252 e. The summed E-state index contributed by atoms with van der Waals surface area (Å²) in [7, 11) is 0. The van der Waals surface area contributed by atoms with Crippen LogP contribution in [0.15, 0.2) is 12.1 Å². The number of halogens is 2. The molecular weight excluding hydrogens is 358 g/mol. The van der Waals surface area contributed by atoms with Crippen molar-refractivity contribution in [3.8, 4) is 0 Å². The predicted molar refractivity (Wildman–Crippen MR) is 84.1 cm³/mol. The van der Waals surface area contributed by atoms with Crippen LogP contribution >= 0.6 is 31.9 Å². The van der Waals surface area contributed by atoms with Gasteiger partial charge in [-0.25, -0.2) is 0 Å². The average molecular weight is 377 g/mol. The molecule has 1 N–H and O–H groups in total. The van der Waals surface area contributed by atoms with Crippen LogP contribution in [-0.4, -0.2) is 22.1 Å². The third-order valence-corrected chi connectivity index (χ3v) is 5.38. The molecule has 0 saturated heterocycles. The highest BCUT2D eigenvalue weighted by molar-refractivity contribution is 9.09. The third kappa shape index (κ3) is 3.58. The molecule has 100 valence electrons. The Morgan fingerprint density at radius 3 is 2.00 bits per heavy atom. The normalized spacial score (nSPS) is 11.4. The van der Waals surface area contributed by atoms with Gasteiger partial charge in [-0.3, -0.25) is 4.79 Å². The minimum absolute atomic E-state index is 0.00796. The Kier molecular flexibility index (Phi) is 5.41. The number of hydrogen-bond donors (Lipinski definition) is 1. The lowest BCUT2D eigenvalue weighted by atomic mass is 9.98. The van der Waals surface area contributed by atoms with E-state index in [1.165, 1.54) is 5.56 Å². The number of nitrogens with one attached hydrogen (secondary N) is 1. The lowest BCUT2D eigenvalue weighted by Crippen LogP contribution is -2.49. The van der Waals surface area contributed by atoms with E-state index in [2.05, 4.69) is 37.2 Å². The zero-order valence-corrected chi connectivity index (χ0v) is 14.4. The number of carbonyl (C=O) groups excluding carboxylic acids is 1. The molecule has 0 bridgehead atoms. The van der Waals surface area contributed by atoms with E-state index in [-0.39, 0.29) is 11.4 Å². The SMILES string of the molecule is Cc1cc(C)c(C(=O)NC(C)(CBr)CBr)c(C)c1.